The SMILES string of the molecule is CCCCC/C=C\C/C=C\C/C=C\C/C=C\CCCC(=O)OC[C@H](COC(=O)CCCCCCCCCCCCCCCCC)OC(=O)CCCCCCCCCCC/C=C\CCCCCCCC. The van der Waals surface area contributed by atoms with E-state index < -0.39 is 6.10 Å². The van der Waals surface area contributed by atoms with Crippen LogP contribution in [-0.2, 0) is 28.6 Å². The van der Waals surface area contributed by atoms with Crippen molar-refractivity contribution in [3.05, 3.63) is 60.8 Å². The number of hydrogen-bond donors (Lipinski definition) is 0. The summed E-state index contributed by atoms with van der Waals surface area (Å²) in [5.74, 6) is -0.936. The number of allylic oxidation sites excluding steroid dienone is 10. The first-order chi connectivity index (χ1) is 34.0. The number of carbonyl (C=O) groups excluding carboxylic acids is 3. The standard InChI is InChI=1S/C63H112O6/c1-4-7-10-13-16-19-22-25-28-30-31-33-36-39-42-45-48-51-54-57-63(66)69-60(58-67-61(64)55-52-49-46-43-40-37-34-27-24-21-18-15-12-9-6-3)59-68-62(65)56-53-50-47-44-41-38-35-32-29-26-23-20-17-14-11-8-5-2/h17,20,25-26,28-29,35,38,44,47,60H,4-16,18-19,21-24,27,30-34,36-37,39-43,45-46,48-59H2,1-3H3/b20-17-,28-25-,29-26-,38-35-,47-44-/t60-/m0/s1. The van der Waals surface area contributed by atoms with E-state index in [0.29, 0.717) is 19.3 Å². The molecule has 0 aromatic rings. The van der Waals surface area contributed by atoms with Gasteiger partial charge in [0, 0.05) is 19.3 Å². The second kappa shape index (κ2) is 57.7. The smallest absolute Gasteiger partial charge is 0.306 e. The average molecular weight is 966 g/mol. The van der Waals surface area contributed by atoms with Gasteiger partial charge in [-0.1, -0.05) is 261 Å². The summed E-state index contributed by atoms with van der Waals surface area (Å²) in [6.07, 6.45) is 72.2. The summed E-state index contributed by atoms with van der Waals surface area (Å²) in [7, 11) is 0. The highest BCUT2D eigenvalue weighted by molar-refractivity contribution is 5.71. The van der Waals surface area contributed by atoms with E-state index in [0.717, 1.165) is 64.2 Å². The van der Waals surface area contributed by atoms with Gasteiger partial charge in [0.2, 0.25) is 0 Å². The van der Waals surface area contributed by atoms with Crippen LogP contribution in [-0.4, -0.2) is 37.2 Å². The van der Waals surface area contributed by atoms with Gasteiger partial charge in [0.05, 0.1) is 0 Å². The van der Waals surface area contributed by atoms with E-state index in [2.05, 4.69) is 81.5 Å². The van der Waals surface area contributed by atoms with Crippen LogP contribution in [0.15, 0.2) is 60.8 Å². The molecule has 0 radical (unpaired) electrons. The Morgan fingerprint density at radius 1 is 0.290 bits per heavy atom. The van der Waals surface area contributed by atoms with Crippen LogP contribution in [0.25, 0.3) is 0 Å². The molecule has 0 aromatic heterocycles. The van der Waals surface area contributed by atoms with Crippen LogP contribution in [0.2, 0.25) is 0 Å². The number of unbranched alkanes of at least 4 members (excludes halogenated alkanes) is 33. The first kappa shape index (κ1) is 66.1. The number of esters is 3. The Bertz CT molecular complexity index is 1250. The molecule has 0 amide bonds. The Kier molecular flexibility index (Phi) is 55.3. The molecule has 69 heavy (non-hydrogen) atoms. The van der Waals surface area contributed by atoms with Crippen LogP contribution >= 0.6 is 0 Å². The quantitative estimate of drug-likeness (QED) is 0.0262. The van der Waals surface area contributed by atoms with Crippen molar-refractivity contribution in [1.29, 1.82) is 0 Å². The first-order valence-corrected chi connectivity index (χ1v) is 29.8. The second-order valence-electron chi connectivity index (χ2n) is 19.9. The zero-order valence-electron chi connectivity index (χ0n) is 45.8. The minimum absolute atomic E-state index is 0.0890. The fourth-order valence-corrected chi connectivity index (χ4v) is 8.49. The topological polar surface area (TPSA) is 78.9 Å². The summed E-state index contributed by atoms with van der Waals surface area (Å²) in [5.41, 5.74) is 0. The molecule has 0 saturated heterocycles. The Morgan fingerprint density at radius 2 is 0.536 bits per heavy atom. The molecule has 0 fully saturated rings. The van der Waals surface area contributed by atoms with Gasteiger partial charge in [-0.15, -0.1) is 0 Å². The van der Waals surface area contributed by atoms with Crippen LogP contribution < -0.4 is 0 Å². The van der Waals surface area contributed by atoms with Crippen molar-refractivity contribution in [2.75, 3.05) is 13.2 Å². The summed E-state index contributed by atoms with van der Waals surface area (Å²) in [6, 6.07) is 0. The molecule has 0 bridgehead atoms. The molecular weight excluding hydrogens is 853 g/mol. The maximum atomic E-state index is 12.9. The van der Waals surface area contributed by atoms with Gasteiger partial charge in [-0.05, 0) is 83.5 Å². The van der Waals surface area contributed by atoms with E-state index in [1.165, 1.54) is 193 Å². The Balaban J connectivity index is 4.43. The molecule has 0 rings (SSSR count). The summed E-state index contributed by atoms with van der Waals surface area (Å²) < 4.78 is 16.8. The van der Waals surface area contributed by atoms with Crippen molar-refractivity contribution in [2.24, 2.45) is 0 Å². The maximum Gasteiger partial charge on any atom is 0.306 e. The third kappa shape index (κ3) is 55.9. The summed E-state index contributed by atoms with van der Waals surface area (Å²) in [5, 5.41) is 0. The Morgan fingerprint density at radius 3 is 0.913 bits per heavy atom. The number of hydrogen-bond acceptors (Lipinski definition) is 6. The fraction of sp³-hybridized carbons (Fsp3) is 0.794. The van der Waals surface area contributed by atoms with Crippen LogP contribution in [0.1, 0.15) is 303 Å². The number of carbonyl (C=O) groups is 3. The van der Waals surface area contributed by atoms with Crippen molar-refractivity contribution in [3.8, 4) is 0 Å². The molecule has 0 heterocycles. The van der Waals surface area contributed by atoms with Crippen molar-refractivity contribution in [1.82, 2.24) is 0 Å². The van der Waals surface area contributed by atoms with E-state index in [1.807, 2.05) is 0 Å². The lowest BCUT2D eigenvalue weighted by Crippen LogP contribution is -2.30. The van der Waals surface area contributed by atoms with Crippen molar-refractivity contribution in [3.63, 3.8) is 0 Å². The molecule has 0 unspecified atom stereocenters. The van der Waals surface area contributed by atoms with Gasteiger partial charge in [-0.25, -0.2) is 0 Å². The van der Waals surface area contributed by atoms with Gasteiger partial charge in [0.15, 0.2) is 6.10 Å². The molecule has 0 N–H and O–H groups in total. The zero-order valence-corrected chi connectivity index (χ0v) is 45.8. The van der Waals surface area contributed by atoms with Crippen molar-refractivity contribution in [2.45, 2.75) is 309 Å². The maximum absolute atomic E-state index is 12.9. The average Bonchev–Trinajstić information content (AvgIpc) is 3.35. The predicted molar refractivity (Wildman–Crippen MR) is 298 cm³/mol. The summed E-state index contributed by atoms with van der Waals surface area (Å²) in [6.45, 7) is 6.59. The normalized spacial score (nSPS) is 12.4. The van der Waals surface area contributed by atoms with Crippen molar-refractivity contribution < 1.29 is 28.6 Å². The lowest BCUT2D eigenvalue weighted by atomic mass is 10.0. The van der Waals surface area contributed by atoms with Gasteiger partial charge in [0.25, 0.3) is 0 Å². The molecule has 0 aliphatic carbocycles. The Hall–Kier alpha value is -2.89. The third-order valence-corrected chi connectivity index (χ3v) is 13.0. The number of rotatable bonds is 54. The minimum Gasteiger partial charge on any atom is -0.462 e. The molecule has 0 aliphatic rings. The highest BCUT2D eigenvalue weighted by Gasteiger charge is 2.19. The zero-order chi connectivity index (χ0) is 50.0. The second-order valence-corrected chi connectivity index (χ2v) is 19.9. The predicted octanol–water partition coefficient (Wildman–Crippen LogP) is 20.0. The first-order valence-electron chi connectivity index (χ1n) is 29.8. The summed E-state index contributed by atoms with van der Waals surface area (Å²) >= 11 is 0. The molecule has 0 spiro atoms. The highest BCUT2D eigenvalue weighted by Crippen LogP contribution is 2.16. The fourth-order valence-electron chi connectivity index (χ4n) is 8.49. The molecule has 0 aliphatic heterocycles. The van der Waals surface area contributed by atoms with Gasteiger partial charge < -0.3 is 14.2 Å². The highest BCUT2D eigenvalue weighted by atomic mass is 16.6. The molecule has 0 aromatic carbocycles. The van der Waals surface area contributed by atoms with Crippen LogP contribution in [0.3, 0.4) is 0 Å². The third-order valence-electron chi connectivity index (χ3n) is 13.0. The molecule has 0 saturated carbocycles. The van der Waals surface area contributed by atoms with Gasteiger partial charge in [-0.2, -0.15) is 0 Å². The molecule has 400 valence electrons. The van der Waals surface area contributed by atoms with Crippen LogP contribution in [0, 0.1) is 0 Å². The van der Waals surface area contributed by atoms with Crippen LogP contribution in [0.5, 0.6) is 0 Å². The van der Waals surface area contributed by atoms with E-state index in [-0.39, 0.29) is 37.5 Å². The summed E-state index contributed by atoms with van der Waals surface area (Å²) in [4.78, 5) is 38.2. The Labute approximate surface area is 428 Å². The largest absolute Gasteiger partial charge is 0.462 e. The van der Waals surface area contributed by atoms with E-state index >= 15 is 0 Å². The van der Waals surface area contributed by atoms with Gasteiger partial charge >= 0.3 is 17.9 Å². The van der Waals surface area contributed by atoms with E-state index in [4.69, 9.17) is 14.2 Å². The minimum atomic E-state index is -0.796. The van der Waals surface area contributed by atoms with Gasteiger partial charge in [0.1, 0.15) is 13.2 Å². The molecule has 1 atom stereocenters. The van der Waals surface area contributed by atoms with E-state index in [1.54, 1.807) is 0 Å². The molecular formula is C63H112O6. The monoisotopic (exact) mass is 965 g/mol. The number of ether oxygens (including phenoxy) is 3. The van der Waals surface area contributed by atoms with Crippen molar-refractivity contribution >= 4 is 17.9 Å². The lowest BCUT2D eigenvalue weighted by Gasteiger charge is -2.18. The van der Waals surface area contributed by atoms with E-state index in [9.17, 15) is 14.4 Å². The molecule has 6 heteroatoms. The lowest BCUT2D eigenvalue weighted by molar-refractivity contribution is -0.167. The van der Waals surface area contributed by atoms with Crippen LogP contribution in [0.4, 0.5) is 0 Å². The van der Waals surface area contributed by atoms with Gasteiger partial charge in [-0.3, -0.25) is 14.4 Å². The molecule has 6 nitrogen and oxygen atoms in total.